The lowest BCUT2D eigenvalue weighted by Gasteiger charge is -1.03. The lowest BCUT2D eigenvalue weighted by Crippen LogP contribution is -1.26. The zero-order chi connectivity index (χ0) is 4.71. The minimum absolute atomic E-state index is 1.42. The lowest BCUT2D eigenvalue weighted by atomic mass is 11.9. The van der Waals surface area contributed by atoms with Gasteiger partial charge in [0.1, 0.15) is 0 Å². The Labute approximate surface area is 35.9 Å². The van der Waals surface area contributed by atoms with Crippen molar-refractivity contribution in [2.24, 2.45) is 0 Å². The molecule has 3 radical (unpaired) electrons. The third-order valence-corrected chi connectivity index (χ3v) is 0. The highest BCUT2D eigenvalue weighted by molar-refractivity contribution is 6.05. The SMILES string of the molecule is C[Si].O=[Si]=O. The molecule has 0 fully saturated rings. The maximum Gasteiger partial charge on any atom is 0.549 e. The maximum absolute atomic E-state index is 8.40. The fourth-order valence-corrected chi connectivity index (χ4v) is 0. The van der Waals surface area contributed by atoms with Gasteiger partial charge in [-0.15, -0.1) is 0 Å². The molecule has 0 unspecified atom stereocenters. The minimum Gasteiger partial charge on any atom is -0.274 e. The molecule has 0 aromatic rings. The third-order valence-electron chi connectivity index (χ3n) is 0. The fourth-order valence-electron chi connectivity index (χ4n) is 0. The highest BCUT2D eigenvalue weighted by Crippen LogP contribution is 0.960. The molecule has 27 valence electrons. The summed E-state index contributed by atoms with van der Waals surface area (Å²) in [6.45, 7) is 1.81. The lowest BCUT2D eigenvalue weighted by molar-refractivity contribution is 0.497. The maximum atomic E-state index is 8.40. The molecule has 0 atom stereocenters. The first-order valence-corrected chi connectivity index (χ1v) is 2.72. The largest absolute Gasteiger partial charge is 0.549 e. The highest BCUT2D eigenvalue weighted by Gasteiger charge is 1.22. The smallest absolute Gasteiger partial charge is 0.274 e. The summed E-state index contributed by atoms with van der Waals surface area (Å²) in [6.07, 6.45) is 0. The fraction of sp³-hybridized carbons (Fsp3) is 1.00. The second-order valence-corrected chi connectivity index (χ2v) is 0.250. The average Bonchev–Trinajstić information content (AvgIpc) is 1.46. The zero-order valence-electron chi connectivity index (χ0n) is 2.82. The van der Waals surface area contributed by atoms with Crippen LogP contribution in [0.25, 0.3) is 0 Å². The molecule has 0 heterocycles. The Morgan fingerprint density at radius 1 is 1.40 bits per heavy atom. The van der Waals surface area contributed by atoms with Crippen LogP contribution in [0.3, 0.4) is 0 Å². The quantitative estimate of drug-likeness (QED) is 0.390. The predicted octanol–water partition coefficient (Wildman–Crippen LogP) is -0.415. The van der Waals surface area contributed by atoms with Gasteiger partial charge in [-0.05, 0) is 0 Å². The molecule has 0 aliphatic carbocycles. The van der Waals surface area contributed by atoms with Crippen LogP contribution >= 0.6 is 0 Å². The summed E-state index contributed by atoms with van der Waals surface area (Å²) < 4.78 is 16.8. The van der Waals surface area contributed by atoms with E-state index in [0.717, 1.165) is 0 Å². The van der Waals surface area contributed by atoms with Crippen LogP contribution in [0.1, 0.15) is 0 Å². The van der Waals surface area contributed by atoms with Gasteiger partial charge in [-0.1, -0.05) is 6.55 Å². The van der Waals surface area contributed by atoms with E-state index in [1.807, 2.05) is 0 Å². The summed E-state index contributed by atoms with van der Waals surface area (Å²) in [4.78, 5) is 0. The molecule has 0 aliphatic heterocycles. The predicted molar refractivity (Wildman–Crippen MR) is 18.7 cm³/mol. The molecule has 0 rings (SSSR count). The number of rotatable bonds is 0. The van der Waals surface area contributed by atoms with Crippen LogP contribution < -0.4 is 0 Å². The summed E-state index contributed by atoms with van der Waals surface area (Å²) in [7, 11) is 1.56. The van der Waals surface area contributed by atoms with Gasteiger partial charge < -0.3 is 0 Å². The van der Waals surface area contributed by atoms with Crippen molar-refractivity contribution >= 4 is 19.5 Å². The molecule has 0 N–H and O–H groups in total. The van der Waals surface area contributed by atoms with Crippen molar-refractivity contribution in [2.45, 2.75) is 6.55 Å². The standard InChI is InChI=1S/CH3Si.O2Si/c1-2;1-3-2/h1H3;. The molecule has 0 aromatic carbocycles. The van der Waals surface area contributed by atoms with Crippen LogP contribution in [-0.2, 0) is 8.92 Å². The van der Waals surface area contributed by atoms with Crippen molar-refractivity contribution in [3.05, 3.63) is 0 Å². The zero-order valence-corrected chi connectivity index (χ0v) is 4.82. The van der Waals surface area contributed by atoms with Crippen LogP contribution in [0, 0.1) is 0 Å². The minimum atomic E-state index is -1.42. The van der Waals surface area contributed by atoms with Crippen LogP contribution in [0.15, 0.2) is 0 Å². The van der Waals surface area contributed by atoms with Gasteiger partial charge in [-0.2, -0.15) is 0 Å². The van der Waals surface area contributed by atoms with Crippen molar-refractivity contribution in [1.82, 2.24) is 0 Å². The molecule has 5 heavy (non-hydrogen) atoms. The van der Waals surface area contributed by atoms with E-state index in [0.29, 0.717) is 0 Å². The van der Waals surface area contributed by atoms with E-state index in [4.69, 9.17) is 8.92 Å². The molecule has 0 aliphatic rings. The van der Waals surface area contributed by atoms with Crippen molar-refractivity contribution < 1.29 is 8.92 Å². The summed E-state index contributed by atoms with van der Waals surface area (Å²) in [5, 5.41) is 0. The molecule has 0 saturated heterocycles. The van der Waals surface area contributed by atoms with Crippen molar-refractivity contribution in [3.8, 4) is 0 Å². The number of hydrogen-bond donors (Lipinski definition) is 0. The second-order valence-electron chi connectivity index (χ2n) is 0.0833. The Hall–Kier alpha value is 0.0338. The topological polar surface area (TPSA) is 34.1 Å². The van der Waals surface area contributed by atoms with Crippen LogP contribution in [0.4, 0.5) is 0 Å². The van der Waals surface area contributed by atoms with Crippen LogP contribution in [0.5, 0.6) is 0 Å². The molecule has 0 aromatic heterocycles. The molecular formula is CH3O2Si2. The monoisotopic (exact) mass is 103 g/mol. The average molecular weight is 103 g/mol. The summed E-state index contributed by atoms with van der Waals surface area (Å²) in [5.41, 5.74) is 0. The molecule has 0 spiro atoms. The molecule has 0 saturated carbocycles. The highest BCUT2D eigenvalue weighted by atomic mass is 28.2. The van der Waals surface area contributed by atoms with E-state index in [2.05, 4.69) is 10.2 Å². The normalized spacial score (nSPS) is 2.80. The van der Waals surface area contributed by atoms with Crippen molar-refractivity contribution in [3.63, 3.8) is 0 Å². The Kier molecular flexibility index (Phi) is 61.8. The molecule has 4 heteroatoms. The van der Waals surface area contributed by atoms with Gasteiger partial charge in [0.05, 0.1) is 0 Å². The van der Waals surface area contributed by atoms with Gasteiger partial charge in [0.15, 0.2) is 0 Å². The van der Waals surface area contributed by atoms with Gasteiger partial charge in [0.25, 0.3) is 0 Å². The first-order valence-electron chi connectivity index (χ1n) is 0.908. The third kappa shape index (κ3) is 14600. The Bertz CT molecular complexity index is 28.6. The van der Waals surface area contributed by atoms with Crippen LogP contribution in [0.2, 0.25) is 6.55 Å². The molecule has 2 nitrogen and oxygen atoms in total. The second kappa shape index (κ2) is 34.7. The Balaban J connectivity index is 0. The van der Waals surface area contributed by atoms with E-state index in [-0.39, 0.29) is 0 Å². The van der Waals surface area contributed by atoms with Crippen molar-refractivity contribution in [1.29, 1.82) is 0 Å². The Morgan fingerprint density at radius 3 is 1.40 bits per heavy atom. The summed E-state index contributed by atoms with van der Waals surface area (Å²) in [5.74, 6) is 0. The number of hydrogen-bond acceptors (Lipinski definition) is 2. The van der Waals surface area contributed by atoms with E-state index in [9.17, 15) is 0 Å². The van der Waals surface area contributed by atoms with Gasteiger partial charge >= 0.3 is 9.29 Å². The van der Waals surface area contributed by atoms with E-state index >= 15 is 0 Å². The van der Waals surface area contributed by atoms with Gasteiger partial charge in [-0.25, -0.2) is 0 Å². The summed E-state index contributed by atoms with van der Waals surface area (Å²) in [6, 6.07) is 0. The van der Waals surface area contributed by atoms with E-state index in [1.165, 1.54) is 0 Å². The first-order chi connectivity index (χ1) is 2.41. The van der Waals surface area contributed by atoms with E-state index in [1.54, 1.807) is 6.55 Å². The van der Waals surface area contributed by atoms with Crippen molar-refractivity contribution in [2.75, 3.05) is 0 Å². The summed E-state index contributed by atoms with van der Waals surface area (Å²) >= 11 is 0. The molecular weight excluding hydrogens is 100 g/mol. The van der Waals surface area contributed by atoms with Gasteiger partial charge in [-0.3, -0.25) is 8.92 Å². The first kappa shape index (κ1) is 8.90. The molecule has 0 amide bonds. The Morgan fingerprint density at radius 2 is 1.40 bits per heavy atom. The van der Waals surface area contributed by atoms with Gasteiger partial charge in [0.2, 0.25) is 0 Å². The van der Waals surface area contributed by atoms with Gasteiger partial charge in [0, 0.05) is 10.2 Å². The van der Waals surface area contributed by atoms with Crippen LogP contribution in [-0.4, -0.2) is 19.5 Å². The molecule has 0 bridgehead atoms. The van der Waals surface area contributed by atoms with E-state index < -0.39 is 9.29 Å².